The standard InChI is InChI=1S/2C34H46N6O5.C32H42N6O5.C4H6O4.C2H3BO2.C2H4O.Na/c2*1-6-39-18-15-34(16-19-39)14-13-24-9-10-25-11-12-26(36-28(25)20-24)23(5)45-32(43)27-8-7-17-40(38-27)31(42)22(4)35-30(41)29(21(2)3)37-33(34)44;1-19(2)27-28(39)34-20(3)29(40)38-17-5-6-25(37-38)30(41)43-21(4)24-10-9-23-8-7-22(18-26(23)35-24)11-12-32(31(42)36-27)13-15-33-16-14-32;1-3(5)7-8-4(2)6;1-2(4)5-3;1-2-3;/h2*9-14,20-23,27,29,38H,6-8,15-19H2,1-5H3,(H,35,41)(H,37,44);7-12,18-21,25,27,33,37H,5-6,13-17H2,1-4H3,(H,34,39)(H,36,42);1-2H3;1H3;2H,1H3;/q;;;;-1;;+1/b2*14-13+;12-11+;;;;/t2*22-,23+,27-,29-;20-,21+,25-,27-;;;;/m000..../s1. The minimum Gasteiger partial charge on any atom is -0.793 e. The van der Waals surface area contributed by atoms with Crippen LogP contribution in [-0.4, -0.2) is 269 Å². The van der Waals surface area contributed by atoms with Gasteiger partial charge in [-0.1, -0.05) is 146 Å². The van der Waals surface area contributed by atoms with Crippen LogP contribution in [0.2, 0.25) is 0 Å². The van der Waals surface area contributed by atoms with Crippen LogP contribution in [-0.2, 0) is 105 Å². The first-order valence-corrected chi connectivity index (χ1v) is 51.6. The molecule has 3 radical (unpaired) electrons. The van der Waals surface area contributed by atoms with Gasteiger partial charge in [-0.2, -0.15) is 0 Å². The number of hydrazine groups is 3. The SMILES string of the molecule is CC(=O)OOC(C)=O.CC(C)[C@@H]1NC(=O)C2(/C=C/c3ccc4ccc(nc4c3)[C@@H](C)OC(=O)[C@@H]3CCCN(N3)C(=O)[C@H](C)NC1=O)CCNCC2.CC=O.CCN1CCC2(/C=C/c3ccc4ccc(nc4c3)[C@@H](C)OC(=O)[C@@H]3CCCN(N3)C(=O)[C@H](C)NC(=O)[C@H](C(C)C)NC2=O)CC1.CCN1CCC2(/C=C/c3ccc4ccc(nc4c3)[C@@H](C)OC(=O)[C@@H]3CCCN(N3)C(=O)[C@H](C)NC(=O)[C@H](C(C)C)NC2=O)CC1.[B-]OC(C)=O.[Na+]. The summed E-state index contributed by atoms with van der Waals surface area (Å²) in [6.45, 7) is 38.0. The number of carbonyl (C=O) groups excluding carboxylic acids is 16. The van der Waals surface area contributed by atoms with Crippen molar-refractivity contribution in [2.45, 2.75) is 274 Å². The van der Waals surface area contributed by atoms with Crippen molar-refractivity contribution >= 4 is 154 Å². The molecular formula is C108H147BN18NaO22. The molecule has 3 aromatic heterocycles. The van der Waals surface area contributed by atoms with Gasteiger partial charge in [0.05, 0.1) is 49.9 Å². The molecule has 150 heavy (non-hydrogen) atoms. The number of carbonyl (C=O) groups is 16. The van der Waals surface area contributed by atoms with E-state index in [1.165, 1.54) is 28.9 Å². The Morgan fingerprint density at radius 3 is 0.920 bits per heavy atom. The van der Waals surface area contributed by atoms with Crippen LogP contribution in [0, 0.1) is 34.0 Å². The van der Waals surface area contributed by atoms with Gasteiger partial charge in [0.25, 0.3) is 17.7 Å². The number of aromatic nitrogens is 3. The Kier molecular flexibility index (Phi) is 45.8. The summed E-state index contributed by atoms with van der Waals surface area (Å²) in [6.07, 6.45) is 17.7. The van der Waals surface area contributed by atoms with Crippen molar-refractivity contribution < 1.29 is 135 Å². The number of benzene rings is 3. The van der Waals surface area contributed by atoms with E-state index in [4.69, 9.17) is 34.0 Å². The first-order valence-electron chi connectivity index (χ1n) is 51.6. The van der Waals surface area contributed by atoms with Crippen LogP contribution >= 0.6 is 0 Å². The number of cyclic esters (lactones) is 3. The monoisotopic (exact) mass is 2080 g/mol. The Balaban J connectivity index is 0.000000231. The molecule has 6 fully saturated rings. The molecule has 15 bridgehead atoms. The molecular weight excluding hydrogens is 1940 g/mol. The van der Waals surface area contributed by atoms with Gasteiger partial charge in [0.1, 0.15) is 79.0 Å². The maximum absolute atomic E-state index is 14.1. The van der Waals surface area contributed by atoms with Gasteiger partial charge < -0.3 is 78.7 Å². The van der Waals surface area contributed by atoms with Gasteiger partial charge in [0, 0.05) is 56.6 Å². The second-order valence-corrected chi connectivity index (χ2v) is 40.1. The molecule has 0 saturated carbocycles. The number of aldehydes is 1. The van der Waals surface area contributed by atoms with Crippen LogP contribution in [0.15, 0.2) is 109 Å². The summed E-state index contributed by atoms with van der Waals surface area (Å²) in [6, 6.07) is 22.0. The Hall–Kier alpha value is -12.3. The minimum absolute atomic E-state index is 0. The normalized spacial score (nSPS) is 25.4. The van der Waals surface area contributed by atoms with Crippen LogP contribution in [0.5, 0.6) is 0 Å². The number of hydrogen-bond donors (Lipinski definition) is 10. The fraction of sp³-hybridized carbons (Fsp3) is 0.546. The van der Waals surface area contributed by atoms with E-state index in [2.05, 4.69) is 99.6 Å². The molecule has 15 rings (SSSR count). The topological polar surface area (TPSA) is 504 Å². The van der Waals surface area contributed by atoms with Crippen molar-refractivity contribution in [3.63, 3.8) is 0 Å². The number of pyridine rings is 3. The molecule has 3 spiro atoms. The van der Waals surface area contributed by atoms with Crippen molar-refractivity contribution in [3.8, 4) is 0 Å². The van der Waals surface area contributed by atoms with E-state index in [-0.39, 0.29) is 82.8 Å². The number of likely N-dealkylation sites (tertiary alicyclic amines) is 2. The zero-order valence-corrected chi connectivity index (χ0v) is 91.8. The molecule has 9 aliphatic heterocycles. The van der Waals surface area contributed by atoms with Crippen molar-refractivity contribution in [3.05, 3.63) is 143 Å². The summed E-state index contributed by atoms with van der Waals surface area (Å²) >= 11 is 0. The third kappa shape index (κ3) is 33.1. The fourth-order valence-corrected chi connectivity index (χ4v) is 18.7. The second-order valence-electron chi connectivity index (χ2n) is 40.1. The van der Waals surface area contributed by atoms with E-state index in [1.807, 2.05) is 169 Å². The predicted octanol–water partition coefficient (Wildman–Crippen LogP) is 5.46. The zero-order chi connectivity index (χ0) is 109. The first-order chi connectivity index (χ1) is 70.8. The minimum atomic E-state index is -0.880. The van der Waals surface area contributed by atoms with E-state index in [1.54, 1.807) is 41.5 Å². The third-order valence-electron chi connectivity index (χ3n) is 27.9. The zero-order valence-electron chi connectivity index (χ0n) is 89.8. The van der Waals surface area contributed by atoms with Crippen LogP contribution in [0.25, 0.3) is 50.9 Å². The number of piperidine rings is 3. The Morgan fingerprint density at radius 2 is 0.673 bits per heavy atom. The van der Waals surface area contributed by atoms with Gasteiger partial charge in [-0.25, -0.2) is 50.6 Å². The van der Waals surface area contributed by atoms with Crippen LogP contribution in [0.1, 0.15) is 254 Å². The number of nitrogens with one attached hydrogen (secondary N) is 10. The second kappa shape index (κ2) is 56.7. The van der Waals surface area contributed by atoms with Crippen molar-refractivity contribution in [2.75, 3.05) is 72.0 Å². The van der Waals surface area contributed by atoms with Crippen LogP contribution < -0.4 is 83.1 Å². The van der Waals surface area contributed by atoms with Gasteiger partial charge in [-0.05, 0) is 249 Å². The molecule has 6 aromatic rings. The summed E-state index contributed by atoms with van der Waals surface area (Å²) in [7, 11) is 4.32. The fourth-order valence-electron chi connectivity index (χ4n) is 18.7. The number of esters is 3. The maximum atomic E-state index is 14.1. The number of amides is 9. The molecule has 0 aliphatic carbocycles. The number of nitrogens with zero attached hydrogens (tertiary/aromatic N) is 8. The molecule has 805 valence electrons. The summed E-state index contributed by atoms with van der Waals surface area (Å²) in [5, 5.41) is 27.8. The Labute approximate surface area is 900 Å². The largest absolute Gasteiger partial charge is 1.00 e. The number of fused-ring (bicyclic) bond motifs is 12. The summed E-state index contributed by atoms with van der Waals surface area (Å²) in [5.41, 5.74) is 13.3. The van der Waals surface area contributed by atoms with Gasteiger partial charge >= 0.3 is 59.4 Å². The van der Waals surface area contributed by atoms with E-state index >= 15 is 0 Å². The molecule has 12 atom stereocenters. The Bertz CT molecular complexity index is 5650. The quantitative estimate of drug-likeness (QED) is 0.0255. The molecule has 3 aromatic carbocycles. The van der Waals surface area contributed by atoms with E-state index in [0.29, 0.717) is 127 Å². The molecule has 6 saturated heterocycles. The smallest absolute Gasteiger partial charge is 0.793 e. The van der Waals surface area contributed by atoms with Crippen LogP contribution in [0.4, 0.5) is 0 Å². The van der Waals surface area contributed by atoms with E-state index in [0.717, 1.165) is 109 Å². The Morgan fingerprint density at radius 1 is 0.413 bits per heavy atom. The first kappa shape index (κ1) is 121. The average molecular weight is 2080 g/mol. The molecule has 0 unspecified atom stereocenters. The van der Waals surface area contributed by atoms with Crippen molar-refractivity contribution in [1.29, 1.82) is 0 Å². The van der Waals surface area contributed by atoms with E-state index in [9.17, 15) is 71.9 Å². The molecule has 42 heteroatoms. The predicted molar refractivity (Wildman–Crippen MR) is 557 cm³/mol. The van der Waals surface area contributed by atoms with Gasteiger partial charge in [0.2, 0.25) is 41.4 Å². The molecule has 9 aliphatic rings. The summed E-state index contributed by atoms with van der Waals surface area (Å²) in [5.74, 6) is -6.80. The number of ether oxygens (including phenoxy) is 3. The molecule has 40 nitrogen and oxygen atoms in total. The number of rotatable bonds is 5. The van der Waals surface area contributed by atoms with E-state index < -0.39 is 142 Å². The van der Waals surface area contributed by atoms with Crippen LogP contribution in [0.3, 0.4) is 0 Å². The van der Waals surface area contributed by atoms with Gasteiger partial charge in [0.15, 0.2) is 0 Å². The molecule has 10 N–H and O–H groups in total. The number of hydrogen-bond acceptors (Lipinski definition) is 31. The summed E-state index contributed by atoms with van der Waals surface area (Å²) < 4.78 is 21.0. The van der Waals surface area contributed by atoms with Crippen molar-refractivity contribution in [1.82, 2.24) is 93.3 Å². The van der Waals surface area contributed by atoms with Gasteiger partial charge in [-0.3, -0.25) is 77.4 Å². The summed E-state index contributed by atoms with van der Waals surface area (Å²) in [4.78, 5) is 227. The molecule has 9 amide bonds. The maximum Gasteiger partial charge on any atom is 1.00 e. The third-order valence-corrected chi connectivity index (χ3v) is 27.9. The molecule has 12 heterocycles. The average Bonchev–Trinajstić information content (AvgIpc) is 0.933. The van der Waals surface area contributed by atoms with Gasteiger partial charge in [-0.15, -0.1) is 0 Å². The van der Waals surface area contributed by atoms with Crippen molar-refractivity contribution in [2.24, 2.45) is 34.0 Å².